The molecule has 0 spiro atoms. The second kappa shape index (κ2) is 5.65. The van der Waals surface area contributed by atoms with Crippen molar-refractivity contribution in [3.63, 3.8) is 0 Å². The molecule has 0 atom stereocenters. The molecule has 22 heavy (non-hydrogen) atoms. The molecular formula is C22H20. The standard InChI is InChI=1S/C22H20/c1-5-17-11-13-21(15(3)19(17)6-2)22-14-12-18-9-7-8-10-20(18)16(22)4/h5-14H,1-2H2,3-4H3. The van der Waals surface area contributed by atoms with Gasteiger partial charge in [-0.05, 0) is 58.0 Å². The number of aryl methyl sites for hydroxylation is 1. The predicted molar refractivity (Wildman–Crippen MR) is 99.0 cm³/mol. The molecule has 3 aromatic carbocycles. The van der Waals surface area contributed by atoms with Gasteiger partial charge < -0.3 is 0 Å². The summed E-state index contributed by atoms with van der Waals surface area (Å²) >= 11 is 0. The molecule has 0 aliphatic rings. The van der Waals surface area contributed by atoms with Crippen LogP contribution in [0.15, 0.2) is 61.7 Å². The minimum atomic E-state index is 1.13. The monoisotopic (exact) mass is 284 g/mol. The van der Waals surface area contributed by atoms with Crippen molar-refractivity contribution in [1.82, 2.24) is 0 Å². The average Bonchev–Trinajstić information content (AvgIpc) is 2.55. The topological polar surface area (TPSA) is 0 Å². The van der Waals surface area contributed by atoms with Gasteiger partial charge in [0, 0.05) is 0 Å². The smallest absolute Gasteiger partial charge is 0.0145 e. The van der Waals surface area contributed by atoms with Crippen molar-refractivity contribution in [2.75, 3.05) is 0 Å². The SMILES string of the molecule is C=Cc1ccc(-c2ccc3ccccc3c2C)c(C)c1C=C. The second-order valence-corrected chi connectivity index (χ2v) is 5.61. The number of hydrogen-bond acceptors (Lipinski definition) is 0. The fraction of sp³-hybridized carbons (Fsp3) is 0.0909. The van der Waals surface area contributed by atoms with E-state index in [1.165, 1.54) is 38.6 Å². The Bertz CT molecular complexity index is 882. The summed E-state index contributed by atoms with van der Waals surface area (Å²) in [7, 11) is 0. The van der Waals surface area contributed by atoms with Crippen molar-refractivity contribution in [2.24, 2.45) is 0 Å². The Morgan fingerprint density at radius 3 is 2.14 bits per heavy atom. The van der Waals surface area contributed by atoms with Gasteiger partial charge in [0.25, 0.3) is 0 Å². The maximum atomic E-state index is 3.96. The zero-order chi connectivity index (χ0) is 15.7. The van der Waals surface area contributed by atoms with Crippen LogP contribution in [-0.2, 0) is 0 Å². The Hall–Kier alpha value is -2.60. The zero-order valence-corrected chi connectivity index (χ0v) is 13.2. The van der Waals surface area contributed by atoms with E-state index < -0.39 is 0 Å². The van der Waals surface area contributed by atoms with E-state index in [0.717, 1.165) is 5.56 Å². The Balaban J connectivity index is 2.30. The maximum absolute atomic E-state index is 3.96. The van der Waals surface area contributed by atoms with E-state index >= 15 is 0 Å². The van der Waals surface area contributed by atoms with Crippen LogP contribution in [0.3, 0.4) is 0 Å². The highest BCUT2D eigenvalue weighted by atomic mass is 14.1. The van der Waals surface area contributed by atoms with Crippen LogP contribution < -0.4 is 0 Å². The quantitative estimate of drug-likeness (QED) is 0.521. The van der Waals surface area contributed by atoms with E-state index in [-0.39, 0.29) is 0 Å². The van der Waals surface area contributed by atoms with Crippen molar-refractivity contribution >= 4 is 22.9 Å². The summed E-state index contributed by atoms with van der Waals surface area (Å²) in [6.45, 7) is 12.2. The summed E-state index contributed by atoms with van der Waals surface area (Å²) < 4.78 is 0. The molecule has 0 radical (unpaired) electrons. The molecule has 0 nitrogen and oxygen atoms in total. The summed E-state index contributed by atoms with van der Waals surface area (Å²) in [6, 6.07) is 17.3. The highest BCUT2D eigenvalue weighted by molar-refractivity contribution is 5.92. The molecule has 0 aromatic heterocycles. The number of benzene rings is 3. The first-order valence-electron chi connectivity index (χ1n) is 7.54. The van der Waals surface area contributed by atoms with Gasteiger partial charge in [-0.2, -0.15) is 0 Å². The first kappa shape index (κ1) is 14.3. The lowest BCUT2D eigenvalue weighted by atomic mass is 9.89. The Labute approximate surface area is 132 Å². The molecule has 0 bridgehead atoms. The van der Waals surface area contributed by atoms with Crippen molar-refractivity contribution in [3.8, 4) is 11.1 Å². The third kappa shape index (κ3) is 2.17. The summed E-state index contributed by atoms with van der Waals surface area (Å²) in [4.78, 5) is 0. The fourth-order valence-corrected chi connectivity index (χ4v) is 3.21. The van der Waals surface area contributed by atoms with Crippen molar-refractivity contribution in [3.05, 3.63) is 83.9 Å². The molecule has 3 rings (SSSR count). The summed E-state index contributed by atoms with van der Waals surface area (Å²) in [6.07, 6.45) is 3.81. The molecule has 0 fully saturated rings. The van der Waals surface area contributed by atoms with Crippen LogP contribution in [0.25, 0.3) is 34.1 Å². The van der Waals surface area contributed by atoms with Gasteiger partial charge in [-0.25, -0.2) is 0 Å². The maximum Gasteiger partial charge on any atom is -0.0145 e. The molecule has 0 aliphatic carbocycles. The van der Waals surface area contributed by atoms with Gasteiger partial charge in [0.1, 0.15) is 0 Å². The van der Waals surface area contributed by atoms with Gasteiger partial charge in [-0.3, -0.25) is 0 Å². The normalized spacial score (nSPS) is 10.6. The van der Waals surface area contributed by atoms with Crippen LogP contribution in [0.2, 0.25) is 0 Å². The van der Waals surface area contributed by atoms with Crippen LogP contribution >= 0.6 is 0 Å². The fourth-order valence-electron chi connectivity index (χ4n) is 3.21. The van der Waals surface area contributed by atoms with E-state index in [2.05, 4.69) is 75.5 Å². The Kier molecular flexibility index (Phi) is 3.68. The summed E-state index contributed by atoms with van der Waals surface area (Å²) in [5.74, 6) is 0. The van der Waals surface area contributed by atoms with Crippen LogP contribution in [0, 0.1) is 13.8 Å². The largest absolute Gasteiger partial charge is 0.0984 e. The highest BCUT2D eigenvalue weighted by Crippen LogP contribution is 2.34. The molecule has 0 saturated heterocycles. The summed E-state index contributed by atoms with van der Waals surface area (Å²) in [5, 5.41) is 2.60. The van der Waals surface area contributed by atoms with Gasteiger partial charge in [-0.1, -0.05) is 73.8 Å². The highest BCUT2D eigenvalue weighted by Gasteiger charge is 2.11. The predicted octanol–water partition coefficient (Wildman–Crippen LogP) is 6.41. The van der Waals surface area contributed by atoms with E-state index in [9.17, 15) is 0 Å². The molecule has 0 unspecified atom stereocenters. The first-order valence-corrected chi connectivity index (χ1v) is 7.54. The number of hydrogen-bond donors (Lipinski definition) is 0. The lowest BCUT2D eigenvalue weighted by Crippen LogP contribution is -1.93. The minimum absolute atomic E-state index is 1.13. The van der Waals surface area contributed by atoms with Gasteiger partial charge in [0.15, 0.2) is 0 Å². The molecule has 3 aromatic rings. The van der Waals surface area contributed by atoms with E-state index in [0.29, 0.717) is 0 Å². The van der Waals surface area contributed by atoms with Crippen molar-refractivity contribution in [1.29, 1.82) is 0 Å². The summed E-state index contributed by atoms with van der Waals surface area (Å²) in [5.41, 5.74) is 7.43. The van der Waals surface area contributed by atoms with Gasteiger partial charge >= 0.3 is 0 Å². The van der Waals surface area contributed by atoms with Crippen LogP contribution in [0.1, 0.15) is 22.3 Å². The van der Waals surface area contributed by atoms with Crippen LogP contribution in [-0.4, -0.2) is 0 Å². The Morgan fingerprint density at radius 1 is 0.727 bits per heavy atom. The number of fused-ring (bicyclic) bond motifs is 1. The molecule has 108 valence electrons. The van der Waals surface area contributed by atoms with Crippen molar-refractivity contribution in [2.45, 2.75) is 13.8 Å². The van der Waals surface area contributed by atoms with Gasteiger partial charge in [0.05, 0.1) is 0 Å². The lowest BCUT2D eigenvalue weighted by molar-refractivity contribution is 1.40. The van der Waals surface area contributed by atoms with Crippen LogP contribution in [0.4, 0.5) is 0 Å². The number of rotatable bonds is 3. The minimum Gasteiger partial charge on any atom is -0.0984 e. The zero-order valence-electron chi connectivity index (χ0n) is 13.2. The molecule has 0 amide bonds. The third-order valence-corrected chi connectivity index (χ3v) is 4.46. The molecule has 0 heteroatoms. The molecule has 0 N–H and O–H groups in total. The molecule has 0 heterocycles. The van der Waals surface area contributed by atoms with Crippen LogP contribution in [0.5, 0.6) is 0 Å². The molecule has 0 saturated carbocycles. The lowest BCUT2D eigenvalue weighted by Gasteiger charge is -2.15. The molecular weight excluding hydrogens is 264 g/mol. The van der Waals surface area contributed by atoms with E-state index in [1.807, 2.05) is 12.2 Å². The van der Waals surface area contributed by atoms with Gasteiger partial charge in [-0.15, -0.1) is 0 Å². The first-order chi connectivity index (χ1) is 10.7. The third-order valence-electron chi connectivity index (χ3n) is 4.46. The molecule has 0 aliphatic heterocycles. The van der Waals surface area contributed by atoms with E-state index in [4.69, 9.17) is 0 Å². The Morgan fingerprint density at radius 2 is 1.41 bits per heavy atom. The van der Waals surface area contributed by atoms with E-state index in [1.54, 1.807) is 0 Å². The average molecular weight is 284 g/mol. The van der Waals surface area contributed by atoms with Gasteiger partial charge in [0.2, 0.25) is 0 Å². The second-order valence-electron chi connectivity index (χ2n) is 5.61. The van der Waals surface area contributed by atoms with Crippen molar-refractivity contribution < 1.29 is 0 Å².